The lowest BCUT2D eigenvalue weighted by Crippen LogP contribution is -2.40. The van der Waals surface area contributed by atoms with Gasteiger partial charge in [-0.05, 0) is 57.0 Å². The van der Waals surface area contributed by atoms with Gasteiger partial charge in [-0.2, -0.15) is 0 Å². The predicted octanol–water partition coefficient (Wildman–Crippen LogP) is 3.76. The highest BCUT2D eigenvalue weighted by molar-refractivity contribution is 6.05. The zero-order valence-corrected chi connectivity index (χ0v) is 16.2. The van der Waals surface area contributed by atoms with Crippen LogP contribution < -0.4 is 10.1 Å². The van der Waals surface area contributed by atoms with Gasteiger partial charge in [0, 0.05) is 29.0 Å². The van der Waals surface area contributed by atoms with E-state index < -0.39 is 0 Å². The SMILES string of the molecule is Cc1cc(C)nc(OC2CCC(NC(=O)c3nccc4ccccc34)CC2)n1. The van der Waals surface area contributed by atoms with Crippen LogP contribution in [0.15, 0.2) is 42.6 Å². The summed E-state index contributed by atoms with van der Waals surface area (Å²) in [5.74, 6) is -0.112. The molecule has 0 unspecified atom stereocenters. The Morgan fingerprint density at radius 2 is 1.75 bits per heavy atom. The first-order valence-corrected chi connectivity index (χ1v) is 9.72. The summed E-state index contributed by atoms with van der Waals surface area (Å²) < 4.78 is 5.97. The molecule has 1 aromatic carbocycles. The van der Waals surface area contributed by atoms with Crippen LogP contribution in [-0.4, -0.2) is 33.0 Å². The molecule has 1 N–H and O–H groups in total. The molecule has 2 heterocycles. The standard InChI is InChI=1S/C22H24N4O2/c1-14-13-15(2)25-22(24-14)28-18-9-7-17(8-10-18)26-21(27)20-19-6-4-3-5-16(19)11-12-23-20/h3-6,11-13,17-18H,7-10H2,1-2H3,(H,26,27). The minimum atomic E-state index is -0.112. The molecule has 0 spiro atoms. The van der Waals surface area contributed by atoms with Crippen molar-refractivity contribution in [1.82, 2.24) is 20.3 Å². The average molecular weight is 376 g/mol. The number of hydrogen-bond donors (Lipinski definition) is 1. The summed E-state index contributed by atoms with van der Waals surface area (Å²) in [6, 6.07) is 12.3. The number of nitrogens with one attached hydrogen (secondary N) is 1. The van der Waals surface area contributed by atoms with Crippen LogP contribution in [-0.2, 0) is 0 Å². The minimum Gasteiger partial charge on any atom is -0.460 e. The quantitative estimate of drug-likeness (QED) is 0.750. The van der Waals surface area contributed by atoms with Gasteiger partial charge in [-0.15, -0.1) is 0 Å². The van der Waals surface area contributed by atoms with E-state index in [1.807, 2.05) is 50.2 Å². The third-order valence-electron chi connectivity index (χ3n) is 5.13. The summed E-state index contributed by atoms with van der Waals surface area (Å²) in [5, 5.41) is 5.04. The molecular formula is C22H24N4O2. The highest BCUT2D eigenvalue weighted by atomic mass is 16.5. The molecule has 0 saturated heterocycles. The average Bonchev–Trinajstić information content (AvgIpc) is 2.68. The van der Waals surface area contributed by atoms with Crippen molar-refractivity contribution in [2.45, 2.75) is 51.7 Å². The highest BCUT2D eigenvalue weighted by Gasteiger charge is 2.25. The Morgan fingerprint density at radius 3 is 2.50 bits per heavy atom. The Bertz CT molecular complexity index is 971. The Morgan fingerprint density at radius 1 is 1.04 bits per heavy atom. The normalized spacial score (nSPS) is 19.4. The number of hydrogen-bond acceptors (Lipinski definition) is 5. The van der Waals surface area contributed by atoms with E-state index in [2.05, 4.69) is 20.3 Å². The number of rotatable bonds is 4. The molecule has 2 aromatic heterocycles. The van der Waals surface area contributed by atoms with Crippen molar-refractivity contribution in [3.63, 3.8) is 0 Å². The number of aromatic nitrogens is 3. The molecule has 1 aliphatic carbocycles. The third kappa shape index (κ3) is 4.11. The topological polar surface area (TPSA) is 77.0 Å². The molecule has 1 amide bonds. The van der Waals surface area contributed by atoms with E-state index in [1.54, 1.807) is 6.20 Å². The van der Waals surface area contributed by atoms with Crippen molar-refractivity contribution < 1.29 is 9.53 Å². The molecule has 0 aliphatic heterocycles. The molecule has 1 aliphatic rings. The number of nitrogens with zero attached hydrogens (tertiary/aromatic N) is 3. The molecule has 144 valence electrons. The maximum atomic E-state index is 12.7. The lowest BCUT2D eigenvalue weighted by Gasteiger charge is -2.29. The van der Waals surface area contributed by atoms with Crippen molar-refractivity contribution in [2.24, 2.45) is 0 Å². The highest BCUT2D eigenvalue weighted by Crippen LogP contribution is 2.23. The van der Waals surface area contributed by atoms with Crippen LogP contribution in [0.4, 0.5) is 0 Å². The predicted molar refractivity (Wildman–Crippen MR) is 107 cm³/mol. The molecule has 1 saturated carbocycles. The van der Waals surface area contributed by atoms with E-state index in [1.165, 1.54) is 0 Å². The number of carbonyl (C=O) groups is 1. The second-order valence-electron chi connectivity index (χ2n) is 7.38. The second kappa shape index (κ2) is 7.92. The van der Waals surface area contributed by atoms with Gasteiger partial charge < -0.3 is 10.1 Å². The van der Waals surface area contributed by atoms with Gasteiger partial charge in [0.2, 0.25) is 0 Å². The molecule has 4 rings (SSSR count). The first-order chi connectivity index (χ1) is 13.6. The fourth-order valence-corrected chi connectivity index (χ4v) is 3.77. The Kier molecular flexibility index (Phi) is 5.19. The van der Waals surface area contributed by atoms with Gasteiger partial charge in [0.25, 0.3) is 5.91 Å². The van der Waals surface area contributed by atoms with Crippen LogP contribution in [0, 0.1) is 13.8 Å². The van der Waals surface area contributed by atoms with E-state index in [0.717, 1.165) is 47.8 Å². The number of carbonyl (C=O) groups excluding carboxylic acids is 1. The molecule has 0 radical (unpaired) electrons. The molecule has 3 aromatic rings. The van der Waals surface area contributed by atoms with Crippen LogP contribution in [0.2, 0.25) is 0 Å². The van der Waals surface area contributed by atoms with Gasteiger partial charge >= 0.3 is 6.01 Å². The van der Waals surface area contributed by atoms with Gasteiger partial charge in [0.05, 0.1) is 0 Å². The number of aryl methyl sites for hydroxylation is 2. The van der Waals surface area contributed by atoms with Gasteiger partial charge in [-0.1, -0.05) is 24.3 Å². The Labute approximate surface area is 164 Å². The number of fused-ring (bicyclic) bond motifs is 1. The number of amides is 1. The molecule has 28 heavy (non-hydrogen) atoms. The van der Waals surface area contributed by atoms with E-state index in [0.29, 0.717) is 11.7 Å². The molecule has 1 fully saturated rings. The molecule has 6 heteroatoms. The van der Waals surface area contributed by atoms with Crippen LogP contribution in [0.1, 0.15) is 47.6 Å². The summed E-state index contributed by atoms with van der Waals surface area (Å²) in [5.41, 5.74) is 2.30. The van der Waals surface area contributed by atoms with Crippen LogP contribution in [0.3, 0.4) is 0 Å². The third-order valence-corrected chi connectivity index (χ3v) is 5.13. The zero-order chi connectivity index (χ0) is 19.5. The monoisotopic (exact) mass is 376 g/mol. The number of ether oxygens (including phenoxy) is 1. The minimum absolute atomic E-state index is 0.0880. The van der Waals surface area contributed by atoms with E-state index in [-0.39, 0.29) is 18.1 Å². The van der Waals surface area contributed by atoms with Crippen molar-refractivity contribution >= 4 is 16.7 Å². The van der Waals surface area contributed by atoms with Gasteiger partial charge in [-0.25, -0.2) is 9.97 Å². The number of benzene rings is 1. The maximum Gasteiger partial charge on any atom is 0.317 e. The fraction of sp³-hybridized carbons (Fsp3) is 0.364. The fourth-order valence-electron chi connectivity index (χ4n) is 3.77. The van der Waals surface area contributed by atoms with Gasteiger partial charge in [0.15, 0.2) is 0 Å². The van der Waals surface area contributed by atoms with Gasteiger partial charge in [-0.3, -0.25) is 9.78 Å². The Balaban J connectivity index is 1.35. The van der Waals surface area contributed by atoms with Crippen LogP contribution in [0.5, 0.6) is 6.01 Å². The molecular weight excluding hydrogens is 352 g/mol. The largest absolute Gasteiger partial charge is 0.460 e. The molecule has 0 bridgehead atoms. The first-order valence-electron chi connectivity index (χ1n) is 9.72. The van der Waals surface area contributed by atoms with E-state index in [9.17, 15) is 4.79 Å². The zero-order valence-electron chi connectivity index (χ0n) is 16.2. The number of pyridine rings is 1. The maximum absolute atomic E-state index is 12.7. The summed E-state index contributed by atoms with van der Waals surface area (Å²) in [6.45, 7) is 3.88. The van der Waals surface area contributed by atoms with E-state index in [4.69, 9.17) is 4.74 Å². The van der Waals surface area contributed by atoms with Crippen LogP contribution >= 0.6 is 0 Å². The van der Waals surface area contributed by atoms with Crippen molar-refractivity contribution in [3.05, 3.63) is 59.7 Å². The summed E-state index contributed by atoms with van der Waals surface area (Å²) in [6.07, 6.45) is 5.24. The molecule has 0 atom stereocenters. The molecule has 6 nitrogen and oxygen atoms in total. The van der Waals surface area contributed by atoms with Gasteiger partial charge in [0.1, 0.15) is 11.8 Å². The summed E-state index contributed by atoms with van der Waals surface area (Å²) in [4.78, 5) is 25.8. The second-order valence-corrected chi connectivity index (χ2v) is 7.38. The lowest BCUT2D eigenvalue weighted by atomic mass is 9.93. The smallest absolute Gasteiger partial charge is 0.317 e. The van der Waals surface area contributed by atoms with Crippen molar-refractivity contribution in [2.75, 3.05) is 0 Å². The summed E-state index contributed by atoms with van der Waals surface area (Å²) >= 11 is 0. The first kappa shape index (κ1) is 18.3. The lowest BCUT2D eigenvalue weighted by molar-refractivity contribution is 0.0881. The summed E-state index contributed by atoms with van der Waals surface area (Å²) in [7, 11) is 0. The Hall–Kier alpha value is -3.02. The van der Waals surface area contributed by atoms with Crippen molar-refractivity contribution in [1.29, 1.82) is 0 Å². The van der Waals surface area contributed by atoms with Crippen molar-refractivity contribution in [3.8, 4) is 6.01 Å². The van der Waals surface area contributed by atoms with Crippen LogP contribution in [0.25, 0.3) is 10.8 Å². The van der Waals surface area contributed by atoms with E-state index >= 15 is 0 Å².